The number of rotatable bonds is 2. The lowest BCUT2D eigenvalue weighted by atomic mass is 10.6. The second-order valence-electron chi connectivity index (χ2n) is 3.00. The molecule has 0 saturated carbocycles. The number of thioether (sulfide) groups is 1. The topological polar surface area (TPSA) is 92.8 Å². The number of carbonyl (C=O) groups excluding carboxylic acids is 1. The molecule has 1 unspecified atom stereocenters. The van der Waals surface area contributed by atoms with Gasteiger partial charge in [0.25, 0.3) is 5.91 Å². The highest BCUT2D eigenvalue weighted by Crippen LogP contribution is 2.40. The van der Waals surface area contributed by atoms with Crippen LogP contribution in [-0.4, -0.2) is 40.8 Å². The van der Waals surface area contributed by atoms with Crippen LogP contribution >= 0.6 is 11.8 Å². The van der Waals surface area contributed by atoms with Crippen LogP contribution in [0.2, 0.25) is 0 Å². The van der Waals surface area contributed by atoms with Gasteiger partial charge in [0.15, 0.2) is 5.37 Å². The SMILES string of the molecule is NC(=O)C1SC(C(F)(F)F)=NN1S(=O)(=O)C(F)(F)F. The predicted octanol–water partition coefficient (Wildman–Crippen LogP) is 0.572. The monoisotopic (exact) mass is 331 g/mol. The van der Waals surface area contributed by atoms with Gasteiger partial charge in [-0.3, -0.25) is 4.79 Å². The summed E-state index contributed by atoms with van der Waals surface area (Å²) in [4.78, 5) is 10.7. The van der Waals surface area contributed by atoms with Gasteiger partial charge in [-0.25, -0.2) is 0 Å². The van der Waals surface area contributed by atoms with E-state index in [2.05, 4.69) is 10.8 Å². The molecule has 110 valence electrons. The quantitative estimate of drug-likeness (QED) is 0.749. The van der Waals surface area contributed by atoms with Crippen molar-refractivity contribution in [3.8, 4) is 0 Å². The number of sulfonamides is 1. The average molecular weight is 331 g/mol. The van der Waals surface area contributed by atoms with E-state index in [0.29, 0.717) is 0 Å². The van der Waals surface area contributed by atoms with E-state index in [1.807, 2.05) is 0 Å². The predicted molar refractivity (Wildman–Crippen MR) is 50.9 cm³/mol. The average Bonchev–Trinajstić information content (AvgIpc) is 2.59. The van der Waals surface area contributed by atoms with Crippen LogP contribution in [0.15, 0.2) is 5.10 Å². The van der Waals surface area contributed by atoms with Crippen LogP contribution in [0.3, 0.4) is 0 Å². The van der Waals surface area contributed by atoms with Gasteiger partial charge in [0.05, 0.1) is 0 Å². The minimum Gasteiger partial charge on any atom is -0.367 e. The minimum absolute atomic E-state index is 0.526. The zero-order valence-electron chi connectivity index (χ0n) is 8.36. The molecule has 0 spiro atoms. The normalized spacial score (nSPS) is 21.5. The Morgan fingerprint density at radius 3 is 2.05 bits per heavy atom. The number of nitrogens with two attached hydrogens (primary N) is 1. The molecule has 0 radical (unpaired) electrons. The Kier molecular flexibility index (Phi) is 3.70. The molecule has 0 aromatic heterocycles. The summed E-state index contributed by atoms with van der Waals surface area (Å²) in [5, 5.41) is -2.08. The number of hydrazone groups is 1. The molecule has 1 rings (SSSR count). The van der Waals surface area contributed by atoms with Crippen LogP contribution in [-0.2, 0) is 14.8 Å². The minimum atomic E-state index is -6.24. The van der Waals surface area contributed by atoms with E-state index in [1.54, 1.807) is 0 Å². The van der Waals surface area contributed by atoms with Gasteiger partial charge in [0, 0.05) is 0 Å². The van der Waals surface area contributed by atoms with Gasteiger partial charge in [-0.1, -0.05) is 11.8 Å². The van der Waals surface area contributed by atoms with Gasteiger partial charge in [0.1, 0.15) is 0 Å². The van der Waals surface area contributed by atoms with E-state index in [9.17, 15) is 39.6 Å². The lowest BCUT2D eigenvalue weighted by Gasteiger charge is -2.20. The molecule has 0 aromatic rings. The number of nitrogens with zero attached hydrogens (tertiary/aromatic N) is 2. The van der Waals surface area contributed by atoms with E-state index in [1.165, 1.54) is 0 Å². The molecule has 19 heavy (non-hydrogen) atoms. The Labute approximate surface area is 105 Å². The summed E-state index contributed by atoms with van der Waals surface area (Å²) in [6, 6.07) is 0. The molecule has 0 aliphatic carbocycles. The van der Waals surface area contributed by atoms with Crippen molar-refractivity contribution in [1.82, 2.24) is 4.41 Å². The molecular formula is C5H3F6N3O3S2. The van der Waals surface area contributed by atoms with E-state index >= 15 is 0 Å². The summed E-state index contributed by atoms with van der Waals surface area (Å²) in [7, 11) is -6.24. The fourth-order valence-electron chi connectivity index (χ4n) is 0.893. The van der Waals surface area contributed by atoms with Crippen LogP contribution in [0.25, 0.3) is 0 Å². The van der Waals surface area contributed by atoms with Crippen molar-refractivity contribution >= 4 is 32.7 Å². The van der Waals surface area contributed by atoms with Crippen LogP contribution < -0.4 is 5.73 Å². The van der Waals surface area contributed by atoms with Crippen molar-refractivity contribution in [3.05, 3.63) is 0 Å². The fraction of sp³-hybridized carbons (Fsp3) is 0.600. The molecule has 1 aliphatic heterocycles. The van der Waals surface area contributed by atoms with Crippen molar-refractivity contribution in [3.63, 3.8) is 0 Å². The third-order valence-corrected chi connectivity index (χ3v) is 4.33. The molecule has 0 bridgehead atoms. The van der Waals surface area contributed by atoms with Gasteiger partial charge >= 0.3 is 21.7 Å². The molecule has 1 heterocycles. The molecule has 1 atom stereocenters. The third kappa shape index (κ3) is 2.88. The number of amides is 1. The molecule has 2 N–H and O–H groups in total. The highest BCUT2D eigenvalue weighted by molar-refractivity contribution is 8.15. The van der Waals surface area contributed by atoms with Crippen molar-refractivity contribution in [2.75, 3.05) is 0 Å². The highest BCUT2D eigenvalue weighted by atomic mass is 32.2. The number of halogens is 6. The Morgan fingerprint density at radius 1 is 1.26 bits per heavy atom. The first-order valence-corrected chi connectivity index (χ1v) is 6.33. The first-order chi connectivity index (χ1) is 8.28. The molecule has 14 heteroatoms. The zero-order valence-corrected chi connectivity index (χ0v) is 9.99. The number of hydrogen-bond acceptors (Lipinski definition) is 5. The van der Waals surface area contributed by atoms with Crippen molar-refractivity contribution in [2.45, 2.75) is 17.1 Å². The van der Waals surface area contributed by atoms with Crippen LogP contribution in [0.5, 0.6) is 0 Å². The van der Waals surface area contributed by atoms with Gasteiger partial charge in [-0.2, -0.15) is 39.2 Å². The highest BCUT2D eigenvalue weighted by Gasteiger charge is 2.57. The maximum absolute atomic E-state index is 12.2. The fourth-order valence-corrected chi connectivity index (χ4v) is 2.90. The van der Waals surface area contributed by atoms with Crippen molar-refractivity contribution in [2.24, 2.45) is 10.8 Å². The Morgan fingerprint density at radius 2 is 1.74 bits per heavy atom. The van der Waals surface area contributed by atoms with Crippen LogP contribution in [0.1, 0.15) is 0 Å². The number of carbonyl (C=O) groups is 1. The molecular weight excluding hydrogens is 328 g/mol. The lowest BCUT2D eigenvalue weighted by molar-refractivity contribution is -0.119. The van der Waals surface area contributed by atoms with Crippen LogP contribution in [0, 0.1) is 0 Å². The molecule has 0 aromatic carbocycles. The third-order valence-electron chi connectivity index (χ3n) is 1.64. The summed E-state index contributed by atoms with van der Waals surface area (Å²) in [6.45, 7) is 0. The molecule has 6 nitrogen and oxygen atoms in total. The summed E-state index contributed by atoms with van der Waals surface area (Å²) >= 11 is -0.526. The number of alkyl halides is 6. The van der Waals surface area contributed by atoms with Crippen LogP contribution in [0.4, 0.5) is 26.3 Å². The summed E-state index contributed by atoms with van der Waals surface area (Å²) in [5.41, 5.74) is -1.35. The number of hydrogen-bond donors (Lipinski definition) is 1. The van der Waals surface area contributed by atoms with E-state index in [4.69, 9.17) is 0 Å². The number of primary amides is 1. The Balaban J connectivity index is 3.30. The van der Waals surface area contributed by atoms with E-state index in [-0.39, 0.29) is 0 Å². The molecule has 0 saturated heterocycles. The molecule has 0 fully saturated rings. The maximum atomic E-state index is 12.2. The van der Waals surface area contributed by atoms with Gasteiger partial charge in [0.2, 0.25) is 5.04 Å². The maximum Gasteiger partial charge on any atom is 0.518 e. The largest absolute Gasteiger partial charge is 0.518 e. The van der Waals surface area contributed by atoms with E-state index in [0.717, 1.165) is 0 Å². The molecule has 1 amide bonds. The standard InChI is InChI=1S/C5H3F6N3O3S2/c6-4(7,8)3-13-14(2(18-3)1(12)15)19(16,17)5(9,10)11/h2H,(H2,12,15). The summed E-state index contributed by atoms with van der Waals surface area (Å²) in [5.74, 6) is -1.71. The second-order valence-corrected chi connectivity index (χ2v) is 5.85. The smallest absolute Gasteiger partial charge is 0.367 e. The first-order valence-electron chi connectivity index (χ1n) is 4.01. The van der Waals surface area contributed by atoms with Crippen molar-refractivity contribution < 1.29 is 39.6 Å². The molecule has 1 aliphatic rings. The van der Waals surface area contributed by atoms with Gasteiger partial charge in [-0.15, -0.1) is 5.10 Å². The Hall–Kier alpha value is -1.18. The van der Waals surface area contributed by atoms with Gasteiger partial charge < -0.3 is 5.73 Å². The van der Waals surface area contributed by atoms with E-state index < -0.39 is 54.2 Å². The summed E-state index contributed by atoms with van der Waals surface area (Å²) in [6.07, 6.45) is -5.20. The Bertz CT molecular complexity index is 523. The summed E-state index contributed by atoms with van der Waals surface area (Å²) < 4.78 is 94.3. The lowest BCUT2D eigenvalue weighted by Crippen LogP contribution is -2.45. The zero-order chi connectivity index (χ0) is 15.2. The first kappa shape index (κ1) is 15.9. The second kappa shape index (κ2) is 4.43. The van der Waals surface area contributed by atoms with Gasteiger partial charge in [-0.05, 0) is 0 Å². The van der Waals surface area contributed by atoms with Crippen molar-refractivity contribution in [1.29, 1.82) is 0 Å².